The van der Waals surface area contributed by atoms with Crippen LogP contribution in [0, 0.1) is 13.8 Å². The minimum atomic E-state index is -0.438. The van der Waals surface area contributed by atoms with Crippen LogP contribution in [0.5, 0.6) is 11.5 Å². The number of halogens is 1. The SMILES string of the molecule is COc1ccc(C2=C(Nc3ccc(OC)c(Cl)c3)C(=O)N(c3cc(C)ccc3C)C2=O)cc1. The molecule has 4 rings (SSSR count). The van der Waals surface area contributed by atoms with Gasteiger partial charge in [-0.1, -0.05) is 35.9 Å². The van der Waals surface area contributed by atoms with Gasteiger partial charge in [-0.25, -0.2) is 4.90 Å². The number of rotatable bonds is 6. The van der Waals surface area contributed by atoms with Crippen molar-refractivity contribution >= 4 is 40.4 Å². The second-order valence-electron chi connectivity index (χ2n) is 7.69. The number of ether oxygens (including phenoxy) is 2. The third-order valence-electron chi connectivity index (χ3n) is 5.49. The van der Waals surface area contributed by atoms with Gasteiger partial charge in [0.1, 0.15) is 17.2 Å². The molecular formula is C26H23ClN2O4. The number of benzene rings is 3. The molecule has 7 heteroatoms. The molecule has 6 nitrogen and oxygen atoms in total. The van der Waals surface area contributed by atoms with Crippen molar-refractivity contribution < 1.29 is 19.1 Å². The van der Waals surface area contributed by atoms with Gasteiger partial charge in [0.15, 0.2) is 0 Å². The molecule has 3 aromatic carbocycles. The number of aryl methyl sites for hydroxylation is 2. The number of hydrogen-bond acceptors (Lipinski definition) is 5. The van der Waals surface area contributed by atoms with Gasteiger partial charge in [-0.2, -0.15) is 0 Å². The maximum atomic E-state index is 13.6. The van der Waals surface area contributed by atoms with Crippen LogP contribution in [0.2, 0.25) is 5.02 Å². The van der Waals surface area contributed by atoms with Crippen molar-refractivity contribution in [1.29, 1.82) is 0 Å². The average molecular weight is 463 g/mol. The lowest BCUT2D eigenvalue weighted by molar-refractivity contribution is -0.120. The molecule has 0 atom stereocenters. The smallest absolute Gasteiger partial charge is 0.282 e. The van der Waals surface area contributed by atoms with E-state index in [1.165, 1.54) is 12.0 Å². The summed E-state index contributed by atoms with van der Waals surface area (Å²) >= 11 is 6.27. The van der Waals surface area contributed by atoms with E-state index in [1.807, 2.05) is 32.0 Å². The number of imide groups is 1. The van der Waals surface area contributed by atoms with Crippen LogP contribution in [0.1, 0.15) is 16.7 Å². The number of nitrogens with zero attached hydrogens (tertiary/aromatic N) is 1. The first-order chi connectivity index (χ1) is 15.8. The molecule has 0 aliphatic carbocycles. The predicted molar refractivity (Wildman–Crippen MR) is 130 cm³/mol. The van der Waals surface area contributed by atoms with Crippen molar-refractivity contribution in [2.75, 3.05) is 24.4 Å². The summed E-state index contributed by atoms with van der Waals surface area (Å²) in [6.45, 7) is 3.79. The second kappa shape index (κ2) is 9.00. The first-order valence-corrected chi connectivity index (χ1v) is 10.7. The zero-order valence-corrected chi connectivity index (χ0v) is 19.5. The van der Waals surface area contributed by atoms with Gasteiger partial charge in [0, 0.05) is 5.69 Å². The average Bonchev–Trinajstić information content (AvgIpc) is 3.05. The molecule has 0 saturated heterocycles. The predicted octanol–water partition coefficient (Wildman–Crippen LogP) is 5.37. The van der Waals surface area contributed by atoms with E-state index in [1.54, 1.807) is 49.6 Å². The van der Waals surface area contributed by atoms with Crippen molar-refractivity contribution in [3.63, 3.8) is 0 Å². The third kappa shape index (κ3) is 4.17. The number of hydrogen-bond donors (Lipinski definition) is 1. The van der Waals surface area contributed by atoms with Crippen LogP contribution in [0.3, 0.4) is 0 Å². The number of anilines is 2. The topological polar surface area (TPSA) is 67.9 Å². The van der Waals surface area contributed by atoms with E-state index < -0.39 is 11.8 Å². The van der Waals surface area contributed by atoms with Crippen molar-refractivity contribution in [2.45, 2.75) is 13.8 Å². The largest absolute Gasteiger partial charge is 0.497 e. The third-order valence-corrected chi connectivity index (χ3v) is 5.78. The first kappa shape index (κ1) is 22.4. The Kier molecular flexibility index (Phi) is 6.11. The zero-order chi connectivity index (χ0) is 23.7. The minimum Gasteiger partial charge on any atom is -0.497 e. The minimum absolute atomic E-state index is 0.173. The Bertz CT molecular complexity index is 1280. The van der Waals surface area contributed by atoms with Crippen molar-refractivity contribution in [1.82, 2.24) is 0 Å². The van der Waals surface area contributed by atoms with E-state index in [9.17, 15) is 9.59 Å². The highest BCUT2D eigenvalue weighted by atomic mass is 35.5. The maximum absolute atomic E-state index is 13.6. The molecular weight excluding hydrogens is 440 g/mol. The van der Waals surface area contributed by atoms with Crippen molar-refractivity contribution in [3.05, 3.63) is 88.1 Å². The van der Waals surface area contributed by atoms with Gasteiger partial charge in [-0.15, -0.1) is 0 Å². The molecule has 0 radical (unpaired) electrons. The quantitative estimate of drug-likeness (QED) is 0.499. The Morgan fingerprint density at radius 3 is 2.21 bits per heavy atom. The molecule has 0 fully saturated rings. The molecule has 0 saturated carbocycles. The molecule has 168 valence electrons. The lowest BCUT2D eigenvalue weighted by Crippen LogP contribution is -2.33. The summed E-state index contributed by atoms with van der Waals surface area (Å²) in [5, 5.41) is 3.51. The molecule has 1 aliphatic rings. The number of amides is 2. The highest BCUT2D eigenvalue weighted by Crippen LogP contribution is 2.37. The van der Waals surface area contributed by atoms with Gasteiger partial charge in [-0.05, 0) is 66.9 Å². The Labute approximate surface area is 197 Å². The summed E-state index contributed by atoms with van der Waals surface area (Å²) in [7, 11) is 3.10. The van der Waals surface area contributed by atoms with Gasteiger partial charge in [0.25, 0.3) is 11.8 Å². The van der Waals surface area contributed by atoms with E-state index in [0.717, 1.165) is 11.1 Å². The van der Waals surface area contributed by atoms with Gasteiger partial charge < -0.3 is 14.8 Å². The van der Waals surface area contributed by atoms with Gasteiger partial charge >= 0.3 is 0 Å². The number of nitrogens with one attached hydrogen (secondary N) is 1. The molecule has 0 spiro atoms. The number of carbonyl (C=O) groups excluding carboxylic acids is 2. The van der Waals surface area contributed by atoms with Crippen molar-refractivity contribution in [3.8, 4) is 11.5 Å². The Morgan fingerprint density at radius 1 is 0.848 bits per heavy atom. The standard InChI is InChI=1S/C26H23ClN2O4/c1-15-5-6-16(2)21(13-15)29-25(30)23(17-7-10-19(32-3)11-8-17)24(26(29)31)28-18-9-12-22(33-4)20(27)14-18/h5-14,28H,1-4H3. The summed E-state index contributed by atoms with van der Waals surface area (Å²) in [5.41, 5.74) is 3.94. The summed E-state index contributed by atoms with van der Waals surface area (Å²) < 4.78 is 10.4. The Morgan fingerprint density at radius 2 is 1.58 bits per heavy atom. The van der Waals surface area contributed by atoms with E-state index in [4.69, 9.17) is 21.1 Å². The van der Waals surface area contributed by atoms with Gasteiger partial charge in [0.2, 0.25) is 0 Å². The summed E-state index contributed by atoms with van der Waals surface area (Å²) in [4.78, 5) is 28.5. The zero-order valence-electron chi connectivity index (χ0n) is 18.7. The normalized spacial score (nSPS) is 13.5. The van der Waals surface area contributed by atoms with Crippen LogP contribution in [0.15, 0.2) is 66.4 Å². The van der Waals surface area contributed by atoms with E-state index in [0.29, 0.717) is 33.5 Å². The van der Waals surface area contributed by atoms with E-state index in [2.05, 4.69) is 5.32 Å². The monoisotopic (exact) mass is 462 g/mol. The maximum Gasteiger partial charge on any atom is 0.282 e. The highest BCUT2D eigenvalue weighted by Gasteiger charge is 2.41. The molecule has 1 aliphatic heterocycles. The summed E-state index contributed by atoms with van der Waals surface area (Å²) in [5.74, 6) is 0.323. The molecule has 1 heterocycles. The number of carbonyl (C=O) groups is 2. The van der Waals surface area contributed by atoms with Crippen LogP contribution in [-0.2, 0) is 9.59 Å². The fourth-order valence-electron chi connectivity index (χ4n) is 3.74. The Hall–Kier alpha value is -3.77. The van der Waals surface area contributed by atoms with Crippen LogP contribution in [-0.4, -0.2) is 26.0 Å². The molecule has 2 amide bonds. The van der Waals surface area contributed by atoms with Crippen LogP contribution < -0.4 is 19.7 Å². The number of methoxy groups -OCH3 is 2. The lowest BCUT2D eigenvalue weighted by atomic mass is 10.0. The molecule has 33 heavy (non-hydrogen) atoms. The molecule has 0 bridgehead atoms. The summed E-state index contributed by atoms with van der Waals surface area (Å²) in [6.07, 6.45) is 0. The van der Waals surface area contributed by atoms with Crippen LogP contribution in [0.25, 0.3) is 5.57 Å². The Balaban J connectivity index is 1.83. The van der Waals surface area contributed by atoms with Crippen molar-refractivity contribution in [2.24, 2.45) is 0 Å². The fourth-order valence-corrected chi connectivity index (χ4v) is 4.00. The van der Waals surface area contributed by atoms with E-state index in [-0.39, 0.29) is 11.3 Å². The molecule has 0 unspecified atom stereocenters. The molecule has 1 N–H and O–H groups in total. The second-order valence-corrected chi connectivity index (χ2v) is 8.10. The molecule has 0 aromatic heterocycles. The van der Waals surface area contributed by atoms with Gasteiger partial charge in [-0.3, -0.25) is 9.59 Å². The summed E-state index contributed by atoms with van der Waals surface area (Å²) in [6, 6.07) is 17.8. The van der Waals surface area contributed by atoms with E-state index >= 15 is 0 Å². The van der Waals surface area contributed by atoms with Gasteiger partial charge in [0.05, 0.1) is 30.5 Å². The first-order valence-electron chi connectivity index (χ1n) is 10.3. The molecule has 3 aromatic rings. The van der Waals surface area contributed by atoms with Crippen LogP contribution in [0.4, 0.5) is 11.4 Å². The van der Waals surface area contributed by atoms with Crippen LogP contribution >= 0.6 is 11.6 Å². The highest BCUT2D eigenvalue weighted by molar-refractivity contribution is 6.46. The fraction of sp³-hybridized carbons (Fsp3) is 0.154. The lowest BCUT2D eigenvalue weighted by Gasteiger charge is -2.18.